The Morgan fingerprint density at radius 1 is 1.24 bits per heavy atom. The molecule has 1 aliphatic carbocycles. The summed E-state index contributed by atoms with van der Waals surface area (Å²) < 4.78 is 11.8. The van der Waals surface area contributed by atoms with Crippen LogP contribution in [-0.2, 0) is 27.4 Å². The molecule has 7 nitrogen and oxygen atoms in total. The normalized spacial score (nSPS) is 26.0. The number of amides is 2. The van der Waals surface area contributed by atoms with Gasteiger partial charge in [-0.25, -0.2) is 0 Å². The molecular weight excluding hydrogens is 501 g/mol. The molecule has 0 bridgehead atoms. The van der Waals surface area contributed by atoms with E-state index in [4.69, 9.17) is 9.07 Å². The molecule has 2 aromatic heterocycles. The molecule has 9 heteroatoms. The minimum Gasteiger partial charge on any atom is -0.459 e. The zero-order valence-electron chi connectivity index (χ0n) is 22.3. The second-order valence-corrected chi connectivity index (χ2v) is 11.9. The maximum Gasteiger partial charge on any atom is 0.455 e. The highest BCUT2D eigenvalue weighted by Gasteiger charge is 2.57. The quantitative estimate of drug-likeness (QED) is 0.264. The summed E-state index contributed by atoms with van der Waals surface area (Å²) in [6, 6.07) is 7.51. The lowest BCUT2D eigenvalue weighted by Crippen LogP contribution is -2.46. The number of imide groups is 1. The molecule has 2 N–H and O–H groups in total. The second kappa shape index (κ2) is 11.3. The fraction of sp³-hybridized carbons (Fsp3) is 0.517. The van der Waals surface area contributed by atoms with E-state index in [1.54, 1.807) is 17.4 Å². The summed E-state index contributed by atoms with van der Waals surface area (Å²) in [5.74, 6) is 0.240. The Labute approximate surface area is 228 Å². The van der Waals surface area contributed by atoms with Gasteiger partial charge >= 0.3 is 7.12 Å². The third kappa shape index (κ3) is 5.21. The molecule has 2 aliphatic heterocycles. The first-order valence-corrected chi connectivity index (χ1v) is 14.5. The van der Waals surface area contributed by atoms with Crippen LogP contribution in [0.25, 0.3) is 6.08 Å². The molecule has 5 rings (SSSR count). The molecule has 2 amide bonds. The largest absolute Gasteiger partial charge is 0.459 e. The average molecular weight is 537 g/mol. The van der Waals surface area contributed by atoms with Crippen LogP contribution in [0, 0.1) is 23.7 Å². The molecule has 0 unspecified atom stereocenters. The molecule has 0 aromatic carbocycles. The van der Waals surface area contributed by atoms with E-state index >= 15 is 0 Å². The lowest BCUT2D eigenvalue weighted by molar-refractivity contribution is -0.140. The third-order valence-corrected chi connectivity index (χ3v) is 9.15. The van der Waals surface area contributed by atoms with Gasteiger partial charge in [-0.05, 0) is 79.1 Å². The van der Waals surface area contributed by atoms with Crippen LogP contribution in [0.5, 0.6) is 0 Å². The molecule has 0 radical (unpaired) electrons. The van der Waals surface area contributed by atoms with Crippen molar-refractivity contribution in [1.82, 2.24) is 4.90 Å². The Morgan fingerprint density at radius 3 is 2.71 bits per heavy atom. The molecule has 0 saturated carbocycles. The van der Waals surface area contributed by atoms with Gasteiger partial charge in [-0.1, -0.05) is 38.0 Å². The number of hydrogen-bond acceptors (Lipinski definition) is 7. The topological polar surface area (TPSA) is 100 Å². The summed E-state index contributed by atoms with van der Waals surface area (Å²) in [5, 5.41) is 22.0. The first kappa shape index (κ1) is 27.1. The van der Waals surface area contributed by atoms with Gasteiger partial charge in [0.05, 0.1) is 24.5 Å². The van der Waals surface area contributed by atoms with Crippen LogP contribution < -0.4 is 0 Å². The van der Waals surface area contributed by atoms with Crippen LogP contribution in [0.15, 0.2) is 50.8 Å². The van der Waals surface area contributed by atoms with E-state index in [0.29, 0.717) is 37.2 Å². The number of furan rings is 1. The Morgan fingerprint density at radius 2 is 2.05 bits per heavy atom. The fourth-order valence-corrected chi connectivity index (χ4v) is 7.15. The number of fused-ring (bicyclic) bond motifs is 3. The van der Waals surface area contributed by atoms with Gasteiger partial charge in [0.1, 0.15) is 18.1 Å². The molecule has 3 aliphatic rings. The Hall–Kier alpha value is -2.46. The van der Waals surface area contributed by atoms with Crippen molar-refractivity contribution in [2.45, 2.75) is 72.0 Å². The third-order valence-electron chi connectivity index (χ3n) is 8.29. The van der Waals surface area contributed by atoms with Crippen LogP contribution in [0.2, 0.25) is 6.32 Å². The van der Waals surface area contributed by atoms with Gasteiger partial charge in [0.2, 0.25) is 11.8 Å². The van der Waals surface area contributed by atoms with Crippen molar-refractivity contribution in [3.8, 4) is 0 Å². The van der Waals surface area contributed by atoms with E-state index in [1.807, 2.05) is 29.7 Å². The lowest BCUT2D eigenvalue weighted by Gasteiger charge is -2.44. The fourth-order valence-electron chi connectivity index (χ4n) is 6.45. The maximum atomic E-state index is 13.7. The van der Waals surface area contributed by atoms with E-state index in [-0.39, 0.29) is 42.3 Å². The van der Waals surface area contributed by atoms with Crippen LogP contribution in [0.1, 0.15) is 62.9 Å². The lowest BCUT2D eigenvalue weighted by atomic mass is 9.57. The molecule has 202 valence electrons. The Bertz CT molecular complexity index is 1230. The monoisotopic (exact) mass is 537 g/mol. The predicted molar refractivity (Wildman–Crippen MR) is 147 cm³/mol. The number of nitrogens with zero attached hydrogens (tertiary/aromatic N) is 1. The van der Waals surface area contributed by atoms with E-state index < -0.39 is 13.0 Å². The summed E-state index contributed by atoms with van der Waals surface area (Å²) in [6.07, 6.45) is 4.85. The van der Waals surface area contributed by atoms with Gasteiger partial charge in [0.25, 0.3) is 0 Å². The van der Waals surface area contributed by atoms with Gasteiger partial charge in [0.15, 0.2) is 0 Å². The molecule has 2 fully saturated rings. The molecule has 4 atom stereocenters. The number of carbonyl (C=O) groups is 2. The van der Waals surface area contributed by atoms with E-state index in [0.717, 1.165) is 23.3 Å². The Balaban J connectivity index is 1.41. The minimum absolute atomic E-state index is 0.0833. The van der Waals surface area contributed by atoms with Crippen LogP contribution in [-0.4, -0.2) is 40.1 Å². The highest BCUT2D eigenvalue weighted by atomic mass is 32.1. The highest BCUT2D eigenvalue weighted by Crippen LogP contribution is 2.52. The van der Waals surface area contributed by atoms with Gasteiger partial charge < -0.3 is 19.2 Å². The predicted octanol–water partition coefficient (Wildman–Crippen LogP) is 5.06. The van der Waals surface area contributed by atoms with E-state index in [2.05, 4.69) is 20.8 Å². The van der Waals surface area contributed by atoms with E-state index in [1.165, 1.54) is 16.0 Å². The van der Waals surface area contributed by atoms with Crippen molar-refractivity contribution < 1.29 is 28.8 Å². The first-order chi connectivity index (χ1) is 18.3. The van der Waals surface area contributed by atoms with Crippen molar-refractivity contribution in [2.24, 2.45) is 23.7 Å². The standard InChI is InChI=1S/C29H36BNO6S/c1-4-18(12-19-8-9-20(16-32)36-19)7-10-25-26-22(17(2)3)13-23-27(24(26)14-30(35)37-25)29(34)31(28(23)33)15-21-6-5-11-38-21/h5-6,8-9,11-12,17,23-25,27,32,35H,4,7,10,13-16H2,1-3H3/b18-12+/t23-,24+,25-,27-/m1/s1. The molecule has 2 saturated heterocycles. The van der Waals surface area contributed by atoms with Crippen molar-refractivity contribution in [3.05, 3.63) is 62.8 Å². The molecule has 2 aromatic rings. The molecule has 38 heavy (non-hydrogen) atoms. The summed E-state index contributed by atoms with van der Waals surface area (Å²) in [5.41, 5.74) is 3.51. The van der Waals surface area contributed by atoms with Crippen molar-refractivity contribution in [2.75, 3.05) is 0 Å². The average Bonchev–Trinajstić information content (AvgIpc) is 3.63. The number of rotatable bonds is 9. The molecule has 4 heterocycles. The molecular formula is C29H36BNO6S. The SMILES string of the molecule is CC/C(=C\c1ccc(CO)o1)CC[C@H]1OB(O)C[C@H]2C1=C(C(C)C)C[C@H]1C(=O)N(Cc3cccs3)C(=O)[C@H]12. The van der Waals surface area contributed by atoms with Crippen LogP contribution in [0.3, 0.4) is 0 Å². The maximum absolute atomic E-state index is 13.7. The number of allylic oxidation sites excluding steroid dienone is 2. The summed E-state index contributed by atoms with van der Waals surface area (Å²) >= 11 is 1.55. The zero-order chi connectivity index (χ0) is 27.0. The van der Waals surface area contributed by atoms with E-state index in [9.17, 15) is 19.7 Å². The second-order valence-electron chi connectivity index (χ2n) is 10.9. The number of thiophene rings is 1. The summed E-state index contributed by atoms with van der Waals surface area (Å²) in [6.45, 7) is 6.55. The number of likely N-dealkylation sites (tertiary alicyclic amines) is 1. The van der Waals surface area contributed by atoms with Gasteiger partial charge in [-0.15, -0.1) is 11.3 Å². The van der Waals surface area contributed by atoms with Crippen LogP contribution >= 0.6 is 11.3 Å². The first-order valence-electron chi connectivity index (χ1n) is 13.6. The number of aliphatic hydroxyl groups excluding tert-OH is 1. The van der Waals surface area contributed by atoms with Crippen molar-refractivity contribution in [3.63, 3.8) is 0 Å². The minimum atomic E-state index is -0.971. The van der Waals surface area contributed by atoms with Crippen molar-refractivity contribution in [1.29, 1.82) is 0 Å². The smallest absolute Gasteiger partial charge is 0.455 e. The van der Waals surface area contributed by atoms with Gasteiger partial charge in [0, 0.05) is 4.88 Å². The number of hydrogen-bond donors (Lipinski definition) is 2. The van der Waals surface area contributed by atoms with Gasteiger partial charge in [-0.3, -0.25) is 14.5 Å². The van der Waals surface area contributed by atoms with Gasteiger partial charge in [-0.2, -0.15) is 0 Å². The number of aliphatic hydroxyl groups is 1. The van der Waals surface area contributed by atoms with Crippen LogP contribution in [0.4, 0.5) is 0 Å². The number of carbonyl (C=O) groups excluding carboxylic acids is 2. The Kier molecular flexibility index (Phi) is 8.10. The van der Waals surface area contributed by atoms with Crippen molar-refractivity contribution >= 4 is 36.3 Å². The summed E-state index contributed by atoms with van der Waals surface area (Å²) in [4.78, 5) is 29.6. The highest BCUT2D eigenvalue weighted by molar-refractivity contribution is 7.09. The zero-order valence-corrected chi connectivity index (χ0v) is 23.1. The molecule has 0 spiro atoms. The summed E-state index contributed by atoms with van der Waals surface area (Å²) in [7, 11) is -0.971.